The minimum atomic E-state index is 0.669. The van der Waals surface area contributed by atoms with E-state index in [1.807, 2.05) is 0 Å². The van der Waals surface area contributed by atoms with E-state index in [9.17, 15) is 0 Å². The van der Waals surface area contributed by atoms with Crippen LogP contribution in [-0.4, -0.2) is 6.04 Å². The molecule has 1 aromatic rings. The first-order valence-corrected chi connectivity index (χ1v) is 5.64. The SMILES string of the molecule is CCC(C)CC1Cc2ccccc2N1. The van der Waals surface area contributed by atoms with E-state index in [0.29, 0.717) is 6.04 Å². The molecule has 2 unspecified atom stereocenters. The lowest BCUT2D eigenvalue weighted by Gasteiger charge is -2.15. The van der Waals surface area contributed by atoms with Gasteiger partial charge in [-0.2, -0.15) is 0 Å². The summed E-state index contributed by atoms with van der Waals surface area (Å²) in [6, 6.07) is 9.33. The van der Waals surface area contributed by atoms with Gasteiger partial charge < -0.3 is 5.32 Å². The van der Waals surface area contributed by atoms with E-state index in [-0.39, 0.29) is 0 Å². The summed E-state index contributed by atoms with van der Waals surface area (Å²) in [5.74, 6) is 0.835. The molecule has 0 amide bonds. The van der Waals surface area contributed by atoms with Gasteiger partial charge in [0.2, 0.25) is 0 Å². The summed E-state index contributed by atoms with van der Waals surface area (Å²) in [5.41, 5.74) is 2.83. The van der Waals surface area contributed by atoms with Crippen LogP contribution >= 0.6 is 0 Å². The Labute approximate surface area is 86.5 Å². The van der Waals surface area contributed by atoms with Crippen molar-refractivity contribution in [2.24, 2.45) is 5.92 Å². The second-order valence-corrected chi connectivity index (χ2v) is 4.45. The van der Waals surface area contributed by atoms with Crippen LogP contribution in [0.2, 0.25) is 0 Å². The number of anilines is 1. The molecule has 1 aliphatic rings. The molecule has 1 heteroatoms. The molecule has 1 heterocycles. The predicted octanol–water partition coefficient (Wildman–Crippen LogP) is 3.46. The summed E-state index contributed by atoms with van der Waals surface area (Å²) in [6.07, 6.45) is 3.79. The van der Waals surface area contributed by atoms with E-state index >= 15 is 0 Å². The van der Waals surface area contributed by atoms with Crippen molar-refractivity contribution in [3.05, 3.63) is 29.8 Å². The van der Waals surface area contributed by atoms with Crippen LogP contribution in [0, 0.1) is 5.92 Å². The van der Waals surface area contributed by atoms with Gasteiger partial charge in [-0.25, -0.2) is 0 Å². The first-order chi connectivity index (χ1) is 6.79. The molecule has 1 aliphatic heterocycles. The van der Waals surface area contributed by atoms with Crippen LogP contribution in [0.1, 0.15) is 32.3 Å². The van der Waals surface area contributed by atoms with Crippen molar-refractivity contribution in [3.63, 3.8) is 0 Å². The van der Waals surface area contributed by atoms with Gasteiger partial charge in [-0.15, -0.1) is 0 Å². The molecule has 1 aromatic carbocycles. The zero-order chi connectivity index (χ0) is 9.97. The number of nitrogens with one attached hydrogen (secondary N) is 1. The number of benzene rings is 1. The first-order valence-electron chi connectivity index (χ1n) is 5.64. The third-order valence-electron chi connectivity index (χ3n) is 3.23. The summed E-state index contributed by atoms with van der Waals surface area (Å²) < 4.78 is 0. The average Bonchev–Trinajstić information content (AvgIpc) is 2.59. The molecule has 0 bridgehead atoms. The van der Waals surface area contributed by atoms with Crippen LogP contribution in [0.4, 0.5) is 5.69 Å². The number of para-hydroxylation sites is 1. The van der Waals surface area contributed by atoms with Crippen molar-refractivity contribution in [3.8, 4) is 0 Å². The summed E-state index contributed by atoms with van der Waals surface area (Å²) in [7, 11) is 0. The molecule has 0 aromatic heterocycles. The minimum Gasteiger partial charge on any atom is -0.382 e. The maximum Gasteiger partial charge on any atom is 0.0375 e. The maximum absolute atomic E-state index is 3.60. The Bertz CT molecular complexity index is 281. The van der Waals surface area contributed by atoms with E-state index in [2.05, 4.69) is 43.4 Å². The number of hydrogen-bond donors (Lipinski definition) is 1. The lowest BCUT2D eigenvalue weighted by Crippen LogP contribution is -2.18. The fraction of sp³-hybridized carbons (Fsp3) is 0.538. The summed E-state index contributed by atoms with van der Waals surface area (Å²) in [4.78, 5) is 0. The number of fused-ring (bicyclic) bond motifs is 1. The van der Waals surface area contributed by atoms with E-state index in [4.69, 9.17) is 0 Å². The molecule has 0 spiro atoms. The second kappa shape index (κ2) is 4.04. The van der Waals surface area contributed by atoms with Gasteiger partial charge in [0.05, 0.1) is 0 Å². The summed E-state index contributed by atoms with van der Waals surface area (Å²) >= 11 is 0. The van der Waals surface area contributed by atoms with Crippen molar-refractivity contribution < 1.29 is 0 Å². The molecule has 1 N–H and O–H groups in total. The fourth-order valence-electron chi connectivity index (χ4n) is 2.17. The van der Waals surface area contributed by atoms with Crippen molar-refractivity contribution in [1.82, 2.24) is 0 Å². The smallest absolute Gasteiger partial charge is 0.0375 e. The Morgan fingerprint density at radius 3 is 2.93 bits per heavy atom. The Morgan fingerprint density at radius 2 is 2.21 bits per heavy atom. The van der Waals surface area contributed by atoms with Crippen LogP contribution in [0.25, 0.3) is 0 Å². The summed E-state index contributed by atoms with van der Waals surface area (Å²) in [6.45, 7) is 4.61. The Morgan fingerprint density at radius 1 is 1.43 bits per heavy atom. The molecule has 76 valence electrons. The van der Waals surface area contributed by atoms with Crippen molar-refractivity contribution >= 4 is 5.69 Å². The largest absolute Gasteiger partial charge is 0.382 e. The molecule has 0 saturated heterocycles. The first kappa shape index (κ1) is 9.57. The van der Waals surface area contributed by atoms with Crippen LogP contribution in [0.5, 0.6) is 0 Å². The van der Waals surface area contributed by atoms with Gasteiger partial charge in [0.25, 0.3) is 0 Å². The van der Waals surface area contributed by atoms with Gasteiger partial charge in [0.1, 0.15) is 0 Å². The Hall–Kier alpha value is -0.980. The maximum atomic E-state index is 3.60. The van der Waals surface area contributed by atoms with Gasteiger partial charge >= 0.3 is 0 Å². The molecule has 1 nitrogen and oxygen atoms in total. The topological polar surface area (TPSA) is 12.0 Å². The highest BCUT2D eigenvalue weighted by Gasteiger charge is 2.20. The highest BCUT2D eigenvalue weighted by atomic mass is 14.9. The molecule has 2 rings (SSSR count). The number of hydrogen-bond acceptors (Lipinski definition) is 1. The van der Waals surface area contributed by atoms with E-state index in [0.717, 1.165) is 5.92 Å². The molecule has 14 heavy (non-hydrogen) atoms. The highest BCUT2D eigenvalue weighted by molar-refractivity contribution is 5.56. The predicted molar refractivity (Wildman–Crippen MR) is 61.6 cm³/mol. The molecule has 0 saturated carbocycles. The molecular formula is C13H19N. The average molecular weight is 189 g/mol. The van der Waals surface area contributed by atoms with Crippen molar-refractivity contribution in [2.75, 3.05) is 5.32 Å². The third-order valence-corrected chi connectivity index (χ3v) is 3.23. The van der Waals surface area contributed by atoms with Gasteiger partial charge in [-0.1, -0.05) is 38.5 Å². The van der Waals surface area contributed by atoms with Crippen molar-refractivity contribution in [2.45, 2.75) is 39.2 Å². The quantitative estimate of drug-likeness (QED) is 0.767. The fourth-order valence-corrected chi connectivity index (χ4v) is 2.17. The molecule has 0 aliphatic carbocycles. The van der Waals surface area contributed by atoms with E-state index in [1.165, 1.54) is 30.5 Å². The van der Waals surface area contributed by atoms with Gasteiger partial charge in [0.15, 0.2) is 0 Å². The van der Waals surface area contributed by atoms with Crippen LogP contribution in [0.15, 0.2) is 24.3 Å². The monoisotopic (exact) mass is 189 g/mol. The van der Waals surface area contributed by atoms with E-state index < -0.39 is 0 Å². The minimum absolute atomic E-state index is 0.669. The highest BCUT2D eigenvalue weighted by Crippen LogP contribution is 2.28. The standard InChI is InChI=1S/C13H19N/c1-3-10(2)8-12-9-11-6-4-5-7-13(11)14-12/h4-7,10,12,14H,3,8-9H2,1-2H3. The lowest BCUT2D eigenvalue weighted by molar-refractivity contribution is 0.474. The lowest BCUT2D eigenvalue weighted by atomic mass is 9.97. The van der Waals surface area contributed by atoms with Gasteiger partial charge in [-0.05, 0) is 30.4 Å². The summed E-state index contributed by atoms with van der Waals surface area (Å²) in [5, 5.41) is 3.60. The molecule has 0 fully saturated rings. The van der Waals surface area contributed by atoms with Gasteiger partial charge in [0, 0.05) is 11.7 Å². The molecule has 2 atom stereocenters. The Balaban J connectivity index is 1.98. The zero-order valence-corrected chi connectivity index (χ0v) is 9.09. The zero-order valence-electron chi connectivity index (χ0n) is 9.09. The molecule has 0 radical (unpaired) electrons. The molecular weight excluding hydrogens is 170 g/mol. The van der Waals surface area contributed by atoms with Gasteiger partial charge in [-0.3, -0.25) is 0 Å². The second-order valence-electron chi connectivity index (χ2n) is 4.45. The van der Waals surface area contributed by atoms with Crippen LogP contribution in [0.3, 0.4) is 0 Å². The normalized spacial score (nSPS) is 21.4. The van der Waals surface area contributed by atoms with E-state index in [1.54, 1.807) is 0 Å². The third kappa shape index (κ3) is 1.92. The van der Waals surface area contributed by atoms with Crippen LogP contribution < -0.4 is 5.32 Å². The van der Waals surface area contributed by atoms with Crippen LogP contribution in [-0.2, 0) is 6.42 Å². The van der Waals surface area contributed by atoms with Crippen molar-refractivity contribution in [1.29, 1.82) is 0 Å². The Kier molecular flexibility index (Phi) is 2.76. The number of rotatable bonds is 3.